The first kappa shape index (κ1) is 16.8. The molecule has 1 heterocycles. The number of nitrogens with one attached hydrogen (secondary N) is 1. The summed E-state index contributed by atoms with van der Waals surface area (Å²) in [5.41, 5.74) is 0.981. The number of hydrogen-bond acceptors (Lipinski definition) is 5. The maximum absolute atomic E-state index is 11.8. The van der Waals surface area contributed by atoms with Crippen LogP contribution in [0.3, 0.4) is 0 Å². The summed E-state index contributed by atoms with van der Waals surface area (Å²) < 4.78 is 1.76. The molecule has 0 unspecified atom stereocenters. The van der Waals surface area contributed by atoms with Gasteiger partial charge in [0.15, 0.2) is 5.82 Å². The van der Waals surface area contributed by atoms with Crippen molar-refractivity contribution in [3.63, 3.8) is 0 Å². The molecule has 2 aromatic rings. The third-order valence-corrected chi connectivity index (χ3v) is 4.06. The smallest absolute Gasteiger partial charge is 0.230 e. The first-order valence-corrected chi connectivity index (χ1v) is 8.45. The van der Waals surface area contributed by atoms with Gasteiger partial charge in [0.1, 0.15) is 0 Å². The standard InChI is InChI=1S/C14H18ClN5OS/c1-10(2)20-13(17-18-19-20)8-22-9-14(21)16-7-11-4-3-5-12(15)6-11/h3-6,10H,7-9H2,1-2H3,(H,16,21). The zero-order chi connectivity index (χ0) is 15.9. The van der Waals surface area contributed by atoms with Crippen molar-refractivity contribution in [1.82, 2.24) is 25.5 Å². The molecule has 0 radical (unpaired) electrons. The van der Waals surface area contributed by atoms with Gasteiger partial charge in [0.25, 0.3) is 0 Å². The lowest BCUT2D eigenvalue weighted by atomic mass is 10.2. The van der Waals surface area contributed by atoms with Crippen LogP contribution in [0.5, 0.6) is 0 Å². The number of hydrogen-bond donors (Lipinski definition) is 1. The van der Waals surface area contributed by atoms with E-state index in [-0.39, 0.29) is 11.9 Å². The largest absolute Gasteiger partial charge is 0.351 e. The summed E-state index contributed by atoms with van der Waals surface area (Å²) in [5, 5.41) is 15.1. The van der Waals surface area contributed by atoms with Crippen molar-refractivity contribution in [1.29, 1.82) is 0 Å². The van der Waals surface area contributed by atoms with Gasteiger partial charge in [0, 0.05) is 11.6 Å². The van der Waals surface area contributed by atoms with Gasteiger partial charge in [-0.1, -0.05) is 23.7 Å². The monoisotopic (exact) mass is 339 g/mol. The number of nitrogens with zero attached hydrogens (tertiary/aromatic N) is 4. The van der Waals surface area contributed by atoms with Crippen molar-refractivity contribution >= 4 is 29.3 Å². The minimum Gasteiger partial charge on any atom is -0.351 e. The van der Waals surface area contributed by atoms with E-state index in [9.17, 15) is 4.79 Å². The van der Waals surface area contributed by atoms with Gasteiger partial charge in [-0.3, -0.25) is 4.79 Å². The fraction of sp³-hybridized carbons (Fsp3) is 0.429. The Kier molecular flexibility index (Phi) is 6.21. The highest BCUT2D eigenvalue weighted by atomic mass is 35.5. The number of thioether (sulfide) groups is 1. The second-order valence-corrected chi connectivity index (χ2v) is 6.45. The van der Waals surface area contributed by atoms with E-state index < -0.39 is 0 Å². The molecule has 8 heteroatoms. The maximum Gasteiger partial charge on any atom is 0.230 e. The van der Waals surface area contributed by atoms with Crippen LogP contribution in [0.4, 0.5) is 0 Å². The van der Waals surface area contributed by atoms with E-state index in [1.165, 1.54) is 11.8 Å². The molecule has 0 aliphatic carbocycles. The van der Waals surface area contributed by atoms with Crippen molar-refractivity contribution in [2.24, 2.45) is 0 Å². The number of halogens is 1. The normalized spacial score (nSPS) is 10.9. The van der Waals surface area contributed by atoms with Crippen molar-refractivity contribution in [2.45, 2.75) is 32.2 Å². The molecular formula is C14H18ClN5OS. The van der Waals surface area contributed by atoms with Crippen LogP contribution in [0.15, 0.2) is 24.3 Å². The summed E-state index contributed by atoms with van der Waals surface area (Å²) in [6, 6.07) is 7.65. The molecule has 0 aliphatic rings. The molecule has 1 aromatic heterocycles. The lowest BCUT2D eigenvalue weighted by Crippen LogP contribution is -2.24. The molecule has 2 rings (SSSR count). The van der Waals surface area contributed by atoms with Crippen LogP contribution in [0.25, 0.3) is 0 Å². The van der Waals surface area contributed by atoms with Crippen LogP contribution >= 0.6 is 23.4 Å². The number of aromatic nitrogens is 4. The number of rotatable bonds is 7. The van der Waals surface area contributed by atoms with Gasteiger partial charge in [-0.15, -0.1) is 16.9 Å². The molecule has 1 N–H and O–H groups in total. The Bertz CT molecular complexity index is 631. The van der Waals surface area contributed by atoms with E-state index in [0.29, 0.717) is 23.1 Å². The van der Waals surface area contributed by atoms with Crippen molar-refractivity contribution < 1.29 is 4.79 Å². The summed E-state index contributed by atoms with van der Waals surface area (Å²) in [5.74, 6) is 1.73. The van der Waals surface area contributed by atoms with Crippen LogP contribution in [0.1, 0.15) is 31.3 Å². The SMILES string of the molecule is CC(C)n1nnnc1CSCC(=O)NCc1cccc(Cl)c1. The van der Waals surface area contributed by atoms with E-state index >= 15 is 0 Å². The van der Waals surface area contributed by atoms with Gasteiger partial charge in [-0.25, -0.2) is 4.68 Å². The highest BCUT2D eigenvalue weighted by Crippen LogP contribution is 2.13. The second kappa shape index (κ2) is 8.14. The van der Waals surface area contributed by atoms with Gasteiger partial charge in [0.2, 0.25) is 5.91 Å². The van der Waals surface area contributed by atoms with E-state index in [1.54, 1.807) is 4.68 Å². The van der Waals surface area contributed by atoms with Crippen LogP contribution in [-0.2, 0) is 17.1 Å². The van der Waals surface area contributed by atoms with Gasteiger partial charge in [-0.05, 0) is 42.0 Å². The van der Waals surface area contributed by atoms with Crippen molar-refractivity contribution in [3.8, 4) is 0 Å². The van der Waals surface area contributed by atoms with E-state index in [4.69, 9.17) is 11.6 Å². The quantitative estimate of drug-likeness (QED) is 0.838. The average molecular weight is 340 g/mol. The number of benzene rings is 1. The van der Waals surface area contributed by atoms with Crippen LogP contribution in [0.2, 0.25) is 5.02 Å². The summed E-state index contributed by atoms with van der Waals surface area (Å²) in [7, 11) is 0. The fourth-order valence-electron chi connectivity index (χ4n) is 1.84. The zero-order valence-corrected chi connectivity index (χ0v) is 14.1. The van der Waals surface area contributed by atoms with Gasteiger partial charge in [0.05, 0.1) is 17.5 Å². The Hall–Kier alpha value is -1.60. The molecule has 0 bridgehead atoms. The third kappa shape index (κ3) is 4.99. The first-order valence-electron chi connectivity index (χ1n) is 6.92. The number of carbonyl (C=O) groups excluding carboxylic acids is 1. The molecule has 0 saturated heterocycles. The Morgan fingerprint density at radius 1 is 1.45 bits per heavy atom. The molecule has 0 spiro atoms. The fourth-order valence-corrected chi connectivity index (χ4v) is 2.82. The molecule has 6 nitrogen and oxygen atoms in total. The lowest BCUT2D eigenvalue weighted by molar-refractivity contribution is -0.118. The number of tetrazole rings is 1. The molecule has 0 fully saturated rings. The molecule has 118 valence electrons. The molecule has 1 amide bonds. The van der Waals surface area contributed by atoms with E-state index in [2.05, 4.69) is 20.8 Å². The van der Waals surface area contributed by atoms with Crippen molar-refractivity contribution in [2.75, 3.05) is 5.75 Å². The van der Waals surface area contributed by atoms with E-state index in [0.717, 1.165) is 11.4 Å². The minimum atomic E-state index is -0.0199. The van der Waals surface area contributed by atoms with Crippen LogP contribution in [0, 0.1) is 0 Å². The molecular weight excluding hydrogens is 322 g/mol. The lowest BCUT2D eigenvalue weighted by Gasteiger charge is -2.08. The molecule has 0 aliphatic heterocycles. The topological polar surface area (TPSA) is 72.7 Å². The van der Waals surface area contributed by atoms with Crippen molar-refractivity contribution in [3.05, 3.63) is 40.7 Å². The summed E-state index contributed by atoms with van der Waals surface area (Å²) >= 11 is 7.39. The zero-order valence-electron chi connectivity index (χ0n) is 12.5. The number of amides is 1. The van der Waals surface area contributed by atoms with Gasteiger partial charge in [-0.2, -0.15) is 0 Å². The minimum absolute atomic E-state index is 0.0199. The Balaban J connectivity index is 1.73. The first-order chi connectivity index (χ1) is 10.6. The predicted octanol–water partition coefficient (Wildman–Crippen LogP) is 2.46. The van der Waals surface area contributed by atoms with Crippen LogP contribution < -0.4 is 5.32 Å². The number of carbonyl (C=O) groups is 1. The summed E-state index contributed by atoms with van der Waals surface area (Å²) in [6.45, 7) is 4.51. The molecule has 0 saturated carbocycles. The Morgan fingerprint density at radius 2 is 2.27 bits per heavy atom. The average Bonchev–Trinajstić information content (AvgIpc) is 2.94. The maximum atomic E-state index is 11.8. The highest BCUT2D eigenvalue weighted by Gasteiger charge is 2.10. The molecule has 0 atom stereocenters. The second-order valence-electron chi connectivity index (χ2n) is 5.03. The summed E-state index contributed by atoms with van der Waals surface area (Å²) in [4.78, 5) is 11.8. The summed E-state index contributed by atoms with van der Waals surface area (Å²) in [6.07, 6.45) is 0. The Labute approximate surface area is 138 Å². The Morgan fingerprint density at radius 3 is 3.00 bits per heavy atom. The molecule has 1 aromatic carbocycles. The predicted molar refractivity (Wildman–Crippen MR) is 87.7 cm³/mol. The van der Waals surface area contributed by atoms with E-state index in [1.807, 2.05) is 38.1 Å². The highest BCUT2D eigenvalue weighted by molar-refractivity contribution is 7.99. The van der Waals surface area contributed by atoms with Gasteiger partial charge >= 0.3 is 0 Å². The third-order valence-electron chi connectivity index (χ3n) is 2.89. The van der Waals surface area contributed by atoms with Crippen LogP contribution in [-0.4, -0.2) is 31.9 Å². The van der Waals surface area contributed by atoms with Gasteiger partial charge < -0.3 is 5.32 Å². The molecule has 22 heavy (non-hydrogen) atoms.